The highest BCUT2D eigenvalue weighted by Gasteiger charge is 2.45. The largest absolute Gasteiger partial charge is 0.416 e. The van der Waals surface area contributed by atoms with Gasteiger partial charge in [-0.15, -0.1) is 0 Å². The molecule has 2 amide bonds. The lowest BCUT2D eigenvalue weighted by molar-refractivity contribution is -0.137. The number of nitrogens with one attached hydrogen (secondary N) is 1. The lowest BCUT2D eigenvalue weighted by atomic mass is 9.81. The fourth-order valence-electron chi connectivity index (χ4n) is 5.16. The molecule has 1 N–H and O–H groups in total. The number of aryl methyl sites for hydroxylation is 1. The zero-order chi connectivity index (χ0) is 28.6. The van der Waals surface area contributed by atoms with Gasteiger partial charge in [-0.1, -0.05) is 43.3 Å². The smallest absolute Gasteiger partial charge is 0.339 e. The topological polar surface area (TPSA) is 67.2 Å². The summed E-state index contributed by atoms with van der Waals surface area (Å²) in [5.41, 5.74) is 1.34. The van der Waals surface area contributed by atoms with Gasteiger partial charge >= 0.3 is 6.18 Å². The van der Waals surface area contributed by atoms with E-state index in [-0.39, 0.29) is 5.56 Å². The van der Waals surface area contributed by atoms with E-state index in [0.29, 0.717) is 35.6 Å². The van der Waals surface area contributed by atoms with Crippen molar-refractivity contribution in [2.75, 3.05) is 11.4 Å². The Kier molecular flexibility index (Phi) is 7.18. The molecule has 1 aliphatic rings. The van der Waals surface area contributed by atoms with Crippen molar-refractivity contribution < 1.29 is 27.2 Å². The first-order valence-electron chi connectivity index (χ1n) is 12.8. The van der Waals surface area contributed by atoms with Crippen LogP contribution in [0.1, 0.15) is 52.0 Å². The van der Waals surface area contributed by atoms with Gasteiger partial charge in [0.05, 0.1) is 16.9 Å². The van der Waals surface area contributed by atoms with Crippen LogP contribution in [0.4, 0.5) is 23.4 Å². The van der Waals surface area contributed by atoms with Crippen LogP contribution in [0.3, 0.4) is 0 Å². The molecule has 1 aliphatic heterocycles. The minimum Gasteiger partial charge on any atom is -0.339 e. The summed E-state index contributed by atoms with van der Waals surface area (Å²) in [5.74, 6) is -1.98. The Labute approximate surface area is 228 Å². The van der Waals surface area contributed by atoms with Gasteiger partial charge in [-0.2, -0.15) is 18.3 Å². The van der Waals surface area contributed by atoms with E-state index in [1.54, 1.807) is 16.5 Å². The van der Waals surface area contributed by atoms with Crippen molar-refractivity contribution in [2.24, 2.45) is 0 Å². The molecular formula is C30H26F4N4O2. The Hall–Kier alpha value is -4.47. The van der Waals surface area contributed by atoms with Crippen LogP contribution in [0.2, 0.25) is 0 Å². The molecule has 0 bridgehead atoms. The van der Waals surface area contributed by atoms with Crippen LogP contribution in [0.15, 0.2) is 78.9 Å². The van der Waals surface area contributed by atoms with E-state index >= 15 is 0 Å². The van der Waals surface area contributed by atoms with Gasteiger partial charge in [-0.05, 0) is 61.4 Å². The molecule has 10 heteroatoms. The predicted molar refractivity (Wildman–Crippen MR) is 142 cm³/mol. The maximum Gasteiger partial charge on any atom is 0.416 e. The minimum absolute atomic E-state index is 0.231. The number of para-hydroxylation sites is 1. The van der Waals surface area contributed by atoms with Crippen LogP contribution < -0.4 is 10.2 Å². The number of alkyl halides is 3. The van der Waals surface area contributed by atoms with Gasteiger partial charge in [0.1, 0.15) is 17.7 Å². The second kappa shape index (κ2) is 10.6. The molecule has 0 unspecified atom stereocenters. The van der Waals surface area contributed by atoms with E-state index in [1.807, 2.05) is 37.3 Å². The zero-order valence-electron chi connectivity index (χ0n) is 21.7. The minimum atomic E-state index is -4.64. The number of aromatic nitrogens is 2. The van der Waals surface area contributed by atoms with Gasteiger partial charge in [0.25, 0.3) is 11.8 Å². The lowest BCUT2D eigenvalue weighted by Crippen LogP contribution is -2.55. The highest BCUT2D eigenvalue weighted by Crippen LogP contribution is 2.43. The van der Waals surface area contributed by atoms with Gasteiger partial charge in [-0.25, -0.2) is 9.07 Å². The van der Waals surface area contributed by atoms with Crippen molar-refractivity contribution in [1.29, 1.82) is 0 Å². The zero-order valence-corrected chi connectivity index (χ0v) is 21.7. The van der Waals surface area contributed by atoms with E-state index in [0.717, 1.165) is 23.9 Å². The Bertz CT molecular complexity index is 1550. The SMILES string of the molecule is CCCN1C(=O)[C@@H](NC(=O)c2cccc(C(F)(F)F)c2)[C@@H](c2ccc(F)cc2)c2c(C)nn(-c3ccccc3)c21. The van der Waals surface area contributed by atoms with Gasteiger partial charge in [0, 0.05) is 23.6 Å². The van der Waals surface area contributed by atoms with E-state index < -0.39 is 41.3 Å². The first-order chi connectivity index (χ1) is 19.1. The molecule has 40 heavy (non-hydrogen) atoms. The lowest BCUT2D eigenvalue weighted by Gasteiger charge is -2.39. The van der Waals surface area contributed by atoms with Crippen molar-refractivity contribution >= 4 is 17.6 Å². The van der Waals surface area contributed by atoms with E-state index in [1.165, 1.54) is 30.3 Å². The van der Waals surface area contributed by atoms with E-state index in [2.05, 4.69) is 5.32 Å². The number of carbonyl (C=O) groups excluding carboxylic acids is 2. The van der Waals surface area contributed by atoms with E-state index in [9.17, 15) is 27.2 Å². The van der Waals surface area contributed by atoms with Gasteiger partial charge in [0.2, 0.25) is 0 Å². The molecule has 206 valence electrons. The Balaban J connectivity index is 1.66. The normalized spacial score (nSPS) is 17.1. The maximum absolute atomic E-state index is 14.1. The van der Waals surface area contributed by atoms with Crippen molar-refractivity contribution in [2.45, 2.75) is 38.4 Å². The van der Waals surface area contributed by atoms with Gasteiger partial charge < -0.3 is 5.32 Å². The molecule has 0 saturated heterocycles. The van der Waals surface area contributed by atoms with Crippen LogP contribution in [0.5, 0.6) is 0 Å². The average molecular weight is 551 g/mol. The quantitative estimate of drug-likeness (QED) is 0.299. The summed E-state index contributed by atoms with van der Waals surface area (Å²) in [4.78, 5) is 29.0. The molecule has 0 saturated carbocycles. The molecule has 1 aromatic heterocycles. The summed E-state index contributed by atoms with van der Waals surface area (Å²) in [6.45, 7) is 4.02. The molecule has 5 rings (SSSR count). The number of carbonyl (C=O) groups is 2. The summed E-state index contributed by atoms with van der Waals surface area (Å²) >= 11 is 0. The highest BCUT2D eigenvalue weighted by atomic mass is 19.4. The number of benzene rings is 3. The molecule has 4 aromatic rings. The highest BCUT2D eigenvalue weighted by molar-refractivity contribution is 6.05. The molecule has 0 aliphatic carbocycles. The number of hydrogen-bond donors (Lipinski definition) is 1. The third-order valence-corrected chi connectivity index (χ3v) is 6.93. The van der Waals surface area contributed by atoms with Crippen molar-refractivity contribution in [3.63, 3.8) is 0 Å². The number of rotatable bonds is 6. The monoisotopic (exact) mass is 550 g/mol. The predicted octanol–water partition coefficient (Wildman–Crippen LogP) is 6.03. The van der Waals surface area contributed by atoms with Gasteiger partial charge in [-0.3, -0.25) is 14.5 Å². The number of nitrogens with zero attached hydrogens (tertiary/aromatic N) is 3. The number of amides is 2. The first-order valence-corrected chi connectivity index (χ1v) is 12.8. The number of hydrogen-bond acceptors (Lipinski definition) is 3. The average Bonchev–Trinajstić information content (AvgIpc) is 3.28. The summed E-state index contributed by atoms with van der Waals surface area (Å²) in [7, 11) is 0. The molecule has 6 nitrogen and oxygen atoms in total. The Morgan fingerprint density at radius 2 is 1.70 bits per heavy atom. The Morgan fingerprint density at radius 1 is 1.00 bits per heavy atom. The third kappa shape index (κ3) is 4.97. The molecule has 0 spiro atoms. The molecule has 3 aromatic carbocycles. The van der Waals surface area contributed by atoms with Crippen LogP contribution in [-0.4, -0.2) is 34.2 Å². The first kappa shape index (κ1) is 27.1. The van der Waals surface area contributed by atoms with Crippen LogP contribution >= 0.6 is 0 Å². The van der Waals surface area contributed by atoms with Crippen molar-refractivity contribution in [1.82, 2.24) is 15.1 Å². The number of anilines is 1. The molecular weight excluding hydrogens is 524 g/mol. The molecule has 2 heterocycles. The third-order valence-electron chi connectivity index (χ3n) is 6.93. The standard InChI is InChI=1S/C30H26F4N4O2/c1-3-16-37-28-24(18(2)36-38(28)23-10-5-4-6-11-23)25(19-12-14-22(31)15-13-19)26(29(37)40)35-27(39)20-8-7-9-21(17-20)30(32,33)34/h4-15,17,25-26H,3,16H2,1-2H3,(H,35,39)/t25-,26-/m0/s1. The molecule has 0 fully saturated rings. The summed E-state index contributed by atoms with van der Waals surface area (Å²) in [5, 5.41) is 7.45. The summed E-state index contributed by atoms with van der Waals surface area (Å²) < 4.78 is 55.6. The molecule has 0 radical (unpaired) electrons. The summed E-state index contributed by atoms with van der Waals surface area (Å²) in [6, 6.07) is 17.7. The van der Waals surface area contributed by atoms with Crippen molar-refractivity contribution in [3.8, 4) is 5.69 Å². The number of halogens is 4. The van der Waals surface area contributed by atoms with E-state index in [4.69, 9.17) is 5.10 Å². The fourth-order valence-corrected chi connectivity index (χ4v) is 5.16. The van der Waals surface area contributed by atoms with Crippen LogP contribution in [0, 0.1) is 12.7 Å². The second-order valence-corrected chi connectivity index (χ2v) is 9.62. The maximum atomic E-state index is 14.1. The number of fused-ring (bicyclic) bond motifs is 1. The Morgan fingerprint density at radius 3 is 2.35 bits per heavy atom. The second-order valence-electron chi connectivity index (χ2n) is 9.62. The fraction of sp³-hybridized carbons (Fsp3) is 0.233. The molecule has 2 atom stereocenters. The van der Waals surface area contributed by atoms with Crippen LogP contribution in [-0.2, 0) is 11.0 Å². The van der Waals surface area contributed by atoms with Crippen LogP contribution in [0.25, 0.3) is 5.69 Å². The van der Waals surface area contributed by atoms with Crippen molar-refractivity contribution in [3.05, 3.63) is 113 Å². The summed E-state index contributed by atoms with van der Waals surface area (Å²) in [6.07, 6.45) is -4.04. The van der Waals surface area contributed by atoms with Gasteiger partial charge in [0.15, 0.2) is 0 Å².